The third-order valence-electron chi connectivity index (χ3n) is 0.856. The van der Waals surface area contributed by atoms with Gasteiger partial charge in [0.05, 0.1) is 13.2 Å². The van der Waals surface area contributed by atoms with Crippen LogP contribution in [0.5, 0.6) is 0 Å². The minimum absolute atomic E-state index is 0.0451. The van der Waals surface area contributed by atoms with Crippen molar-refractivity contribution in [3.05, 3.63) is 0 Å². The second-order valence-electron chi connectivity index (χ2n) is 2.75. The number of hydrogen-bond donors (Lipinski definition) is 5. The van der Waals surface area contributed by atoms with Gasteiger partial charge in [-0.15, -0.1) is 0 Å². The maximum absolute atomic E-state index is 8.43. The highest BCUT2D eigenvalue weighted by atomic mass is 31.2. The summed E-state index contributed by atoms with van der Waals surface area (Å²) < 4.78 is 0. The van der Waals surface area contributed by atoms with Gasteiger partial charge >= 0.3 is 8.60 Å². The minimum Gasteiger partial charge on any atom is -0.396 e. The van der Waals surface area contributed by atoms with Gasteiger partial charge in [0, 0.05) is 5.41 Å². The Labute approximate surface area is 66.9 Å². The molecular formula is C5H15O5P. The smallest absolute Gasteiger partial charge is 0.324 e. The van der Waals surface area contributed by atoms with Crippen molar-refractivity contribution in [1.82, 2.24) is 0 Å². The van der Waals surface area contributed by atoms with Gasteiger partial charge in [0.1, 0.15) is 0 Å². The lowest BCUT2D eigenvalue weighted by Crippen LogP contribution is -2.20. The molecule has 0 radical (unpaired) electrons. The van der Waals surface area contributed by atoms with Gasteiger partial charge in [0.25, 0.3) is 0 Å². The summed E-state index contributed by atoms with van der Waals surface area (Å²) in [6.45, 7) is 3.69. The summed E-state index contributed by atoms with van der Waals surface area (Å²) in [6, 6.07) is 0. The van der Waals surface area contributed by atoms with Crippen LogP contribution in [0.2, 0.25) is 0 Å². The van der Waals surface area contributed by atoms with Crippen LogP contribution in [0, 0.1) is 5.41 Å². The Morgan fingerprint density at radius 3 is 1.18 bits per heavy atom. The molecule has 0 unspecified atom stereocenters. The molecule has 6 heteroatoms. The highest BCUT2D eigenvalue weighted by Gasteiger charge is 2.13. The van der Waals surface area contributed by atoms with Crippen LogP contribution in [0.25, 0.3) is 0 Å². The molecule has 0 atom stereocenters. The highest BCUT2D eigenvalue weighted by Crippen LogP contribution is 2.11. The number of rotatable bonds is 2. The maximum atomic E-state index is 8.43. The lowest BCUT2D eigenvalue weighted by Gasteiger charge is -2.16. The molecule has 0 fully saturated rings. The van der Waals surface area contributed by atoms with Crippen LogP contribution in [0.4, 0.5) is 0 Å². The monoisotopic (exact) mass is 186 g/mol. The van der Waals surface area contributed by atoms with Crippen molar-refractivity contribution < 1.29 is 24.9 Å². The Kier molecular flexibility index (Phi) is 8.67. The van der Waals surface area contributed by atoms with E-state index in [4.69, 9.17) is 24.9 Å². The second kappa shape index (κ2) is 6.91. The molecule has 0 heterocycles. The van der Waals surface area contributed by atoms with Crippen LogP contribution in [0.15, 0.2) is 0 Å². The summed E-state index contributed by atoms with van der Waals surface area (Å²) >= 11 is 0. The highest BCUT2D eigenvalue weighted by molar-refractivity contribution is 7.38. The molecule has 0 amide bonds. The third-order valence-corrected chi connectivity index (χ3v) is 0.856. The molecule has 0 saturated carbocycles. The summed E-state index contributed by atoms with van der Waals surface area (Å²) in [5.41, 5.74) is -0.306. The summed E-state index contributed by atoms with van der Waals surface area (Å²) in [5, 5.41) is 16.9. The molecule has 70 valence electrons. The van der Waals surface area contributed by atoms with E-state index < -0.39 is 8.60 Å². The van der Waals surface area contributed by atoms with Crippen LogP contribution in [0.3, 0.4) is 0 Å². The van der Waals surface area contributed by atoms with E-state index in [0.29, 0.717) is 0 Å². The molecule has 0 aromatic heterocycles. The van der Waals surface area contributed by atoms with Gasteiger partial charge in [-0.2, -0.15) is 0 Å². The van der Waals surface area contributed by atoms with Crippen molar-refractivity contribution in [2.24, 2.45) is 5.41 Å². The molecule has 5 N–H and O–H groups in total. The number of hydrogen-bond acceptors (Lipinski definition) is 5. The predicted molar refractivity (Wildman–Crippen MR) is 41.5 cm³/mol. The van der Waals surface area contributed by atoms with Crippen LogP contribution in [0.1, 0.15) is 13.8 Å². The average molecular weight is 186 g/mol. The maximum Gasteiger partial charge on any atom is 0.324 e. The van der Waals surface area contributed by atoms with E-state index >= 15 is 0 Å². The first-order chi connectivity index (χ1) is 4.85. The number of aliphatic hydroxyl groups is 2. The molecule has 0 bridgehead atoms. The Morgan fingerprint density at radius 2 is 1.18 bits per heavy atom. The molecular weight excluding hydrogens is 171 g/mol. The van der Waals surface area contributed by atoms with E-state index in [1.165, 1.54) is 0 Å². The Balaban J connectivity index is 0. The molecule has 0 aromatic rings. The lowest BCUT2D eigenvalue weighted by molar-refractivity contribution is 0.0857. The van der Waals surface area contributed by atoms with E-state index in [9.17, 15) is 0 Å². The van der Waals surface area contributed by atoms with Crippen LogP contribution in [-0.2, 0) is 0 Å². The quantitative estimate of drug-likeness (QED) is 0.363. The van der Waals surface area contributed by atoms with Gasteiger partial charge < -0.3 is 24.9 Å². The molecule has 0 aliphatic carbocycles. The van der Waals surface area contributed by atoms with Gasteiger partial charge in [0.15, 0.2) is 0 Å². The van der Waals surface area contributed by atoms with E-state index in [0.717, 1.165) is 0 Å². The van der Waals surface area contributed by atoms with Crippen molar-refractivity contribution in [3.8, 4) is 0 Å². The zero-order chi connectivity index (χ0) is 9.49. The Bertz CT molecular complexity index is 76.2. The van der Waals surface area contributed by atoms with Crippen LogP contribution >= 0.6 is 8.60 Å². The number of aliphatic hydroxyl groups excluding tert-OH is 2. The zero-order valence-corrected chi connectivity index (χ0v) is 7.49. The normalized spacial score (nSPS) is 10.9. The van der Waals surface area contributed by atoms with E-state index in [1.807, 2.05) is 0 Å². The van der Waals surface area contributed by atoms with Crippen molar-refractivity contribution in [2.75, 3.05) is 13.2 Å². The van der Waals surface area contributed by atoms with Gasteiger partial charge in [-0.25, -0.2) is 0 Å². The topological polar surface area (TPSA) is 101 Å². The molecule has 0 aromatic carbocycles. The molecule has 5 nitrogen and oxygen atoms in total. The fraction of sp³-hybridized carbons (Fsp3) is 1.00. The minimum atomic E-state index is -2.62. The SMILES string of the molecule is CC(C)(CO)CO.OP(O)O. The van der Waals surface area contributed by atoms with Crippen molar-refractivity contribution in [2.45, 2.75) is 13.8 Å². The molecule has 0 spiro atoms. The Morgan fingerprint density at radius 1 is 1.00 bits per heavy atom. The van der Waals surface area contributed by atoms with E-state index in [2.05, 4.69) is 0 Å². The third kappa shape index (κ3) is 17.9. The largest absolute Gasteiger partial charge is 0.396 e. The fourth-order valence-electron chi connectivity index (χ4n) is 0.0500. The molecule has 0 rings (SSSR count). The summed E-state index contributed by atoms with van der Waals surface area (Å²) in [7, 11) is -2.62. The lowest BCUT2D eigenvalue weighted by atomic mass is 9.97. The standard InChI is InChI=1S/C5H12O2.H3O3P/c1-5(2,3-6)4-7;1-4(2)3/h6-7H,3-4H2,1-2H3;1-3H. The summed E-state index contributed by atoms with van der Waals surface area (Å²) in [6.07, 6.45) is 0. The van der Waals surface area contributed by atoms with E-state index in [-0.39, 0.29) is 18.6 Å². The van der Waals surface area contributed by atoms with Crippen LogP contribution in [-0.4, -0.2) is 38.1 Å². The second-order valence-corrected chi connectivity index (χ2v) is 3.29. The van der Waals surface area contributed by atoms with Gasteiger partial charge in [-0.1, -0.05) is 13.8 Å². The van der Waals surface area contributed by atoms with Crippen molar-refractivity contribution in [3.63, 3.8) is 0 Å². The molecule has 0 aliphatic heterocycles. The van der Waals surface area contributed by atoms with Crippen molar-refractivity contribution in [1.29, 1.82) is 0 Å². The van der Waals surface area contributed by atoms with Gasteiger partial charge in [0.2, 0.25) is 0 Å². The summed E-state index contributed by atoms with van der Waals surface area (Å²) in [4.78, 5) is 21.7. The van der Waals surface area contributed by atoms with Gasteiger partial charge in [-0.05, 0) is 0 Å². The molecule has 0 aliphatic rings. The fourth-order valence-corrected chi connectivity index (χ4v) is 0.0500. The van der Waals surface area contributed by atoms with E-state index in [1.54, 1.807) is 13.8 Å². The molecule has 11 heavy (non-hydrogen) atoms. The summed E-state index contributed by atoms with van der Waals surface area (Å²) in [5.74, 6) is 0. The van der Waals surface area contributed by atoms with Crippen LogP contribution < -0.4 is 0 Å². The Hall–Kier alpha value is 0.230. The molecule has 0 saturated heterocycles. The average Bonchev–Trinajstić information content (AvgIpc) is 1.87. The predicted octanol–water partition coefficient (Wildman–Crippen LogP) is -0.813. The van der Waals surface area contributed by atoms with Gasteiger partial charge in [-0.3, -0.25) is 0 Å². The van der Waals surface area contributed by atoms with Crippen molar-refractivity contribution >= 4 is 8.60 Å². The first-order valence-electron chi connectivity index (χ1n) is 2.94. The first-order valence-corrected chi connectivity index (χ1v) is 4.14. The zero-order valence-electron chi connectivity index (χ0n) is 6.60. The first kappa shape index (κ1) is 13.8.